The molecule has 0 amide bonds. The fourth-order valence-electron chi connectivity index (χ4n) is 5.28. The number of carbonyl (C=O) groups excluding carboxylic acids is 2. The van der Waals surface area contributed by atoms with Gasteiger partial charge in [0.05, 0.1) is 12.0 Å². The first-order chi connectivity index (χ1) is 10.3. The number of esters is 2. The van der Waals surface area contributed by atoms with E-state index in [2.05, 4.69) is 13.8 Å². The fraction of sp³-hybridized carbons (Fsp3) is 0.882. The van der Waals surface area contributed by atoms with E-state index in [1.54, 1.807) is 0 Å². The zero-order valence-corrected chi connectivity index (χ0v) is 13.7. The quantitative estimate of drug-likeness (QED) is 0.749. The number of aliphatic hydroxyl groups excluding tert-OH is 1. The molecule has 8 atom stereocenters. The Morgan fingerprint density at radius 3 is 2.68 bits per heavy atom. The summed E-state index contributed by atoms with van der Waals surface area (Å²) >= 11 is 0. The van der Waals surface area contributed by atoms with Crippen molar-refractivity contribution in [2.24, 2.45) is 29.1 Å². The van der Waals surface area contributed by atoms with E-state index in [1.807, 2.05) is 6.92 Å². The van der Waals surface area contributed by atoms with Crippen molar-refractivity contribution in [2.75, 3.05) is 0 Å². The monoisotopic (exact) mass is 310 g/mol. The molecule has 0 radical (unpaired) electrons. The number of fused-ring (bicyclic) bond motifs is 2. The van der Waals surface area contributed by atoms with Gasteiger partial charge in [-0.1, -0.05) is 20.8 Å². The molecular weight excluding hydrogens is 284 g/mol. The predicted molar refractivity (Wildman–Crippen MR) is 78.7 cm³/mol. The third-order valence-electron chi connectivity index (χ3n) is 6.35. The SMILES string of the molecule is CC(=O)O[C@H]1[C@H]2[C@H](C[C@]3(C)[C@@H]1[C@@H](C)CC[C@H]3O)OC(=O)[C@@H]2C. The van der Waals surface area contributed by atoms with Gasteiger partial charge in [0.2, 0.25) is 0 Å². The van der Waals surface area contributed by atoms with Gasteiger partial charge in [0.25, 0.3) is 0 Å². The maximum absolute atomic E-state index is 12.0. The summed E-state index contributed by atoms with van der Waals surface area (Å²) in [7, 11) is 0. The van der Waals surface area contributed by atoms with Crippen LogP contribution in [-0.4, -0.2) is 35.4 Å². The van der Waals surface area contributed by atoms with Gasteiger partial charge in [0.1, 0.15) is 12.2 Å². The van der Waals surface area contributed by atoms with Crippen LogP contribution in [0.1, 0.15) is 47.0 Å². The van der Waals surface area contributed by atoms with Gasteiger partial charge in [-0.3, -0.25) is 9.59 Å². The average molecular weight is 310 g/mol. The van der Waals surface area contributed by atoms with Crippen molar-refractivity contribution >= 4 is 11.9 Å². The second kappa shape index (κ2) is 5.22. The van der Waals surface area contributed by atoms with Crippen LogP contribution in [0.5, 0.6) is 0 Å². The van der Waals surface area contributed by atoms with Crippen molar-refractivity contribution in [3.8, 4) is 0 Å². The minimum atomic E-state index is -0.442. The Morgan fingerprint density at radius 2 is 2.05 bits per heavy atom. The Labute approximate surface area is 131 Å². The number of aliphatic hydroxyl groups is 1. The van der Waals surface area contributed by atoms with Crippen molar-refractivity contribution in [3.05, 3.63) is 0 Å². The van der Waals surface area contributed by atoms with E-state index < -0.39 is 6.10 Å². The van der Waals surface area contributed by atoms with Crippen LogP contribution in [0.2, 0.25) is 0 Å². The first-order valence-corrected chi connectivity index (χ1v) is 8.31. The van der Waals surface area contributed by atoms with Gasteiger partial charge in [-0.25, -0.2) is 0 Å². The first kappa shape index (κ1) is 15.8. The first-order valence-electron chi connectivity index (χ1n) is 8.31. The molecule has 0 unspecified atom stereocenters. The second-order valence-corrected chi connectivity index (χ2v) is 7.72. The lowest BCUT2D eigenvalue weighted by atomic mass is 9.51. The zero-order valence-electron chi connectivity index (χ0n) is 13.7. The normalized spacial score (nSPS) is 50.8. The highest BCUT2D eigenvalue weighted by molar-refractivity contribution is 5.75. The fourth-order valence-corrected chi connectivity index (χ4v) is 5.28. The Hall–Kier alpha value is -1.10. The molecule has 0 spiro atoms. The summed E-state index contributed by atoms with van der Waals surface area (Å²) in [6.45, 7) is 7.48. The summed E-state index contributed by atoms with van der Waals surface area (Å²) in [6, 6.07) is 0. The summed E-state index contributed by atoms with van der Waals surface area (Å²) in [4.78, 5) is 23.7. The minimum Gasteiger partial charge on any atom is -0.462 e. The number of hydrogen-bond donors (Lipinski definition) is 1. The highest BCUT2D eigenvalue weighted by atomic mass is 16.6. The average Bonchev–Trinajstić information content (AvgIpc) is 2.68. The molecule has 2 saturated carbocycles. The summed E-state index contributed by atoms with van der Waals surface area (Å²) in [5, 5.41) is 10.6. The van der Waals surface area contributed by atoms with Gasteiger partial charge >= 0.3 is 11.9 Å². The Morgan fingerprint density at radius 1 is 1.36 bits per heavy atom. The van der Waals surface area contributed by atoms with Crippen molar-refractivity contribution < 1.29 is 24.2 Å². The summed E-state index contributed by atoms with van der Waals surface area (Å²) < 4.78 is 11.2. The molecule has 0 aromatic rings. The van der Waals surface area contributed by atoms with E-state index in [9.17, 15) is 14.7 Å². The lowest BCUT2D eigenvalue weighted by Crippen LogP contribution is -2.60. The standard InChI is InChI=1S/C17H26O5/c1-8-5-6-12(19)17(4)7-11-13(9(2)16(20)22-11)15(14(8)17)21-10(3)18/h8-9,11-15,19H,5-7H2,1-4H3/t8-,9+,11-,12+,13+,14+,15-,17-/m0/s1. The van der Waals surface area contributed by atoms with Gasteiger partial charge in [-0.05, 0) is 25.2 Å². The molecule has 3 rings (SSSR count). The maximum Gasteiger partial charge on any atom is 0.309 e. The van der Waals surface area contributed by atoms with Crippen LogP contribution in [-0.2, 0) is 19.1 Å². The topological polar surface area (TPSA) is 72.8 Å². The van der Waals surface area contributed by atoms with Crippen molar-refractivity contribution in [3.63, 3.8) is 0 Å². The molecule has 1 saturated heterocycles. The molecule has 1 heterocycles. The molecule has 124 valence electrons. The zero-order chi connectivity index (χ0) is 16.2. The van der Waals surface area contributed by atoms with Crippen LogP contribution in [0.4, 0.5) is 0 Å². The van der Waals surface area contributed by atoms with E-state index in [-0.39, 0.29) is 47.3 Å². The molecule has 1 N–H and O–H groups in total. The van der Waals surface area contributed by atoms with Gasteiger partial charge in [0.15, 0.2) is 0 Å². The lowest BCUT2D eigenvalue weighted by Gasteiger charge is -2.56. The Bertz CT molecular complexity index is 489. The molecule has 3 fully saturated rings. The van der Waals surface area contributed by atoms with Crippen molar-refractivity contribution in [2.45, 2.75) is 65.3 Å². The van der Waals surface area contributed by atoms with Crippen molar-refractivity contribution in [1.29, 1.82) is 0 Å². The maximum atomic E-state index is 12.0. The van der Waals surface area contributed by atoms with E-state index in [0.717, 1.165) is 12.8 Å². The Kier molecular flexibility index (Phi) is 3.75. The minimum absolute atomic E-state index is 0.0679. The second-order valence-electron chi connectivity index (χ2n) is 7.72. The van der Waals surface area contributed by atoms with Gasteiger partial charge in [0, 0.05) is 24.2 Å². The highest BCUT2D eigenvalue weighted by Crippen LogP contribution is 2.58. The molecule has 1 aliphatic heterocycles. The molecule has 22 heavy (non-hydrogen) atoms. The summed E-state index contributed by atoms with van der Waals surface area (Å²) in [6.07, 6.45) is 1.27. The molecule has 5 heteroatoms. The number of ether oxygens (including phenoxy) is 2. The number of hydrogen-bond acceptors (Lipinski definition) is 5. The molecule has 5 nitrogen and oxygen atoms in total. The van der Waals surface area contributed by atoms with Gasteiger partial charge < -0.3 is 14.6 Å². The third-order valence-corrected chi connectivity index (χ3v) is 6.35. The lowest BCUT2D eigenvalue weighted by molar-refractivity contribution is -0.201. The van der Waals surface area contributed by atoms with E-state index in [4.69, 9.17) is 9.47 Å². The van der Waals surface area contributed by atoms with Gasteiger partial charge in [-0.15, -0.1) is 0 Å². The molecular formula is C17H26O5. The molecule has 0 aromatic heterocycles. The largest absolute Gasteiger partial charge is 0.462 e. The van der Waals surface area contributed by atoms with Gasteiger partial charge in [-0.2, -0.15) is 0 Å². The molecule has 2 aliphatic carbocycles. The van der Waals surface area contributed by atoms with E-state index >= 15 is 0 Å². The van der Waals surface area contributed by atoms with Crippen LogP contribution >= 0.6 is 0 Å². The van der Waals surface area contributed by atoms with Crippen LogP contribution < -0.4 is 0 Å². The van der Waals surface area contributed by atoms with Crippen LogP contribution in [0.3, 0.4) is 0 Å². The molecule has 3 aliphatic rings. The predicted octanol–water partition coefficient (Wildman–Crippen LogP) is 1.91. The van der Waals surface area contributed by atoms with Crippen molar-refractivity contribution in [1.82, 2.24) is 0 Å². The highest BCUT2D eigenvalue weighted by Gasteiger charge is 2.63. The summed E-state index contributed by atoms with van der Waals surface area (Å²) in [5.41, 5.74) is -0.372. The number of carbonyl (C=O) groups is 2. The van der Waals surface area contributed by atoms with Crippen LogP contribution in [0.15, 0.2) is 0 Å². The van der Waals surface area contributed by atoms with Crippen LogP contribution in [0, 0.1) is 29.1 Å². The van der Waals surface area contributed by atoms with E-state index in [0.29, 0.717) is 12.3 Å². The van der Waals surface area contributed by atoms with Crippen LogP contribution in [0.25, 0.3) is 0 Å². The number of rotatable bonds is 1. The summed E-state index contributed by atoms with van der Waals surface area (Å²) in [5.74, 6) is -0.476. The Balaban J connectivity index is 2.03. The molecule has 0 aromatic carbocycles. The smallest absolute Gasteiger partial charge is 0.309 e. The molecule has 0 bridgehead atoms. The van der Waals surface area contributed by atoms with E-state index in [1.165, 1.54) is 6.92 Å². The third kappa shape index (κ3) is 2.16.